The van der Waals surface area contributed by atoms with Crippen LogP contribution in [0.15, 0.2) is 12.3 Å². The second-order valence-corrected chi connectivity index (χ2v) is 3.23. The van der Waals surface area contributed by atoms with Gasteiger partial charge in [0.1, 0.15) is 5.69 Å². The summed E-state index contributed by atoms with van der Waals surface area (Å²) in [6.07, 6.45) is 7.12. The molecule has 1 rings (SSSR count). The highest BCUT2D eigenvalue weighted by Crippen LogP contribution is 2.15. The van der Waals surface area contributed by atoms with Crippen LogP contribution in [-0.2, 0) is 0 Å². The lowest BCUT2D eigenvalue weighted by molar-refractivity contribution is 0.854. The van der Waals surface area contributed by atoms with Crippen molar-refractivity contribution in [3.05, 3.63) is 29.1 Å². The zero-order valence-electron chi connectivity index (χ0n) is 7.76. The fourth-order valence-electron chi connectivity index (χ4n) is 1.06. The average molecular weight is 159 g/mol. The van der Waals surface area contributed by atoms with Crippen molar-refractivity contribution in [2.24, 2.45) is 0 Å². The van der Waals surface area contributed by atoms with Gasteiger partial charge >= 0.3 is 0 Å². The van der Waals surface area contributed by atoms with Gasteiger partial charge < -0.3 is 0 Å². The fraction of sp³-hybridized carbons (Fsp3) is 0.364. The van der Waals surface area contributed by atoms with E-state index in [1.54, 1.807) is 0 Å². The van der Waals surface area contributed by atoms with Gasteiger partial charge in [-0.05, 0) is 29.9 Å². The molecule has 1 aromatic rings. The number of pyridine rings is 1. The van der Waals surface area contributed by atoms with E-state index in [4.69, 9.17) is 6.42 Å². The first kappa shape index (κ1) is 8.80. The molecule has 0 unspecified atom stereocenters. The molecule has 0 atom stereocenters. The topological polar surface area (TPSA) is 12.9 Å². The minimum Gasteiger partial charge on any atom is -0.247 e. The third-order valence-electron chi connectivity index (χ3n) is 1.90. The van der Waals surface area contributed by atoms with E-state index in [1.807, 2.05) is 13.1 Å². The summed E-state index contributed by atoms with van der Waals surface area (Å²) in [4.78, 5) is 4.18. The fourth-order valence-corrected chi connectivity index (χ4v) is 1.06. The molecule has 0 spiro atoms. The van der Waals surface area contributed by atoms with E-state index in [0.29, 0.717) is 5.92 Å². The number of aromatic nitrogens is 1. The molecular formula is C11H13N. The number of hydrogen-bond acceptors (Lipinski definition) is 1. The van der Waals surface area contributed by atoms with E-state index in [9.17, 15) is 0 Å². The van der Waals surface area contributed by atoms with E-state index in [-0.39, 0.29) is 0 Å². The molecule has 0 aliphatic heterocycles. The summed E-state index contributed by atoms with van der Waals surface area (Å²) in [5.74, 6) is 3.07. The summed E-state index contributed by atoms with van der Waals surface area (Å²) >= 11 is 0. The maximum Gasteiger partial charge on any atom is 0.115 e. The molecule has 0 fully saturated rings. The van der Waals surface area contributed by atoms with Crippen LogP contribution in [0.3, 0.4) is 0 Å². The van der Waals surface area contributed by atoms with Gasteiger partial charge in [-0.2, -0.15) is 0 Å². The van der Waals surface area contributed by atoms with Gasteiger partial charge in [-0.25, -0.2) is 4.98 Å². The van der Waals surface area contributed by atoms with Crippen molar-refractivity contribution in [1.82, 2.24) is 4.98 Å². The first-order chi connectivity index (χ1) is 5.65. The Morgan fingerprint density at radius 3 is 2.58 bits per heavy atom. The Hall–Kier alpha value is -1.29. The first-order valence-electron chi connectivity index (χ1n) is 4.08. The lowest BCUT2D eigenvalue weighted by atomic mass is 10.0. The third-order valence-corrected chi connectivity index (χ3v) is 1.90. The van der Waals surface area contributed by atoms with E-state index in [2.05, 4.69) is 30.8 Å². The standard InChI is InChI=1S/C11H13N/c1-5-11-9(4)6-10(7-12-11)8(2)3/h1,6-8H,2-4H3. The van der Waals surface area contributed by atoms with Crippen molar-refractivity contribution >= 4 is 0 Å². The Kier molecular flexibility index (Phi) is 2.50. The number of nitrogens with zero attached hydrogens (tertiary/aromatic N) is 1. The quantitative estimate of drug-likeness (QED) is 0.574. The van der Waals surface area contributed by atoms with Crippen LogP contribution in [0, 0.1) is 19.3 Å². The van der Waals surface area contributed by atoms with Crippen LogP contribution >= 0.6 is 0 Å². The molecule has 0 N–H and O–H groups in total. The summed E-state index contributed by atoms with van der Waals surface area (Å²) in [5.41, 5.74) is 3.08. The monoisotopic (exact) mass is 159 g/mol. The van der Waals surface area contributed by atoms with Gasteiger partial charge in [-0.15, -0.1) is 6.42 Å². The van der Waals surface area contributed by atoms with Crippen LogP contribution in [0.2, 0.25) is 0 Å². The van der Waals surface area contributed by atoms with Crippen LogP contribution in [0.25, 0.3) is 0 Å². The normalized spacial score (nSPS) is 9.92. The molecule has 12 heavy (non-hydrogen) atoms. The van der Waals surface area contributed by atoms with Crippen molar-refractivity contribution in [2.75, 3.05) is 0 Å². The molecule has 0 saturated heterocycles. The molecule has 0 saturated carbocycles. The second kappa shape index (κ2) is 3.40. The van der Waals surface area contributed by atoms with Crippen molar-refractivity contribution in [3.63, 3.8) is 0 Å². The van der Waals surface area contributed by atoms with Crippen molar-refractivity contribution in [3.8, 4) is 12.3 Å². The van der Waals surface area contributed by atoms with Gasteiger partial charge in [0.2, 0.25) is 0 Å². The molecule has 0 aliphatic rings. The zero-order chi connectivity index (χ0) is 9.14. The van der Waals surface area contributed by atoms with Gasteiger partial charge in [-0.3, -0.25) is 0 Å². The van der Waals surface area contributed by atoms with E-state index in [0.717, 1.165) is 11.3 Å². The maximum atomic E-state index is 5.26. The van der Waals surface area contributed by atoms with Crippen molar-refractivity contribution in [1.29, 1.82) is 0 Å². The number of terminal acetylenes is 1. The summed E-state index contributed by atoms with van der Waals surface area (Å²) in [6.45, 7) is 6.28. The van der Waals surface area contributed by atoms with Gasteiger partial charge in [0, 0.05) is 6.20 Å². The summed E-state index contributed by atoms with van der Waals surface area (Å²) in [5, 5.41) is 0. The minimum atomic E-state index is 0.517. The third kappa shape index (κ3) is 1.65. The van der Waals surface area contributed by atoms with Crippen LogP contribution in [0.1, 0.15) is 36.6 Å². The van der Waals surface area contributed by atoms with Crippen molar-refractivity contribution < 1.29 is 0 Å². The Labute approximate surface area is 73.8 Å². The predicted octanol–water partition coefficient (Wildman–Crippen LogP) is 2.49. The van der Waals surface area contributed by atoms with Crippen LogP contribution in [-0.4, -0.2) is 4.98 Å². The molecule has 0 aromatic carbocycles. The lowest BCUT2D eigenvalue weighted by Crippen LogP contribution is -1.93. The molecule has 0 aliphatic carbocycles. The van der Waals surface area contributed by atoms with Crippen molar-refractivity contribution in [2.45, 2.75) is 26.7 Å². The van der Waals surface area contributed by atoms with E-state index >= 15 is 0 Å². The average Bonchev–Trinajstić information content (AvgIpc) is 2.04. The van der Waals surface area contributed by atoms with E-state index in [1.165, 1.54) is 5.56 Å². The van der Waals surface area contributed by atoms with Crippen LogP contribution in [0.5, 0.6) is 0 Å². The zero-order valence-corrected chi connectivity index (χ0v) is 7.76. The molecule has 1 heterocycles. The van der Waals surface area contributed by atoms with Gasteiger partial charge in [-0.1, -0.05) is 19.9 Å². The van der Waals surface area contributed by atoms with Crippen LogP contribution < -0.4 is 0 Å². The lowest BCUT2D eigenvalue weighted by Gasteiger charge is -2.06. The van der Waals surface area contributed by atoms with E-state index < -0.39 is 0 Å². The second-order valence-electron chi connectivity index (χ2n) is 3.23. The Morgan fingerprint density at radius 2 is 2.17 bits per heavy atom. The molecular weight excluding hydrogens is 146 g/mol. The summed E-state index contributed by atoms with van der Waals surface area (Å²) in [6, 6.07) is 2.10. The minimum absolute atomic E-state index is 0.517. The molecule has 0 amide bonds. The summed E-state index contributed by atoms with van der Waals surface area (Å²) < 4.78 is 0. The van der Waals surface area contributed by atoms with Gasteiger partial charge in [0.15, 0.2) is 0 Å². The molecule has 0 bridgehead atoms. The smallest absolute Gasteiger partial charge is 0.115 e. The summed E-state index contributed by atoms with van der Waals surface area (Å²) in [7, 11) is 0. The van der Waals surface area contributed by atoms with Gasteiger partial charge in [0.05, 0.1) is 0 Å². The predicted molar refractivity (Wildman–Crippen MR) is 51.0 cm³/mol. The molecule has 1 aromatic heterocycles. The highest BCUT2D eigenvalue weighted by molar-refractivity contribution is 5.35. The first-order valence-corrected chi connectivity index (χ1v) is 4.08. The largest absolute Gasteiger partial charge is 0.247 e. The SMILES string of the molecule is C#Cc1ncc(C(C)C)cc1C. The highest BCUT2D eigenvalue weighted by Gasteiger charge is 2.01. The molecule has 62 valence electrons. The highest BCUT2D eigenvalue weighted by atomic mass is 14.7. The molecule has 1 heteroatoms. The Bertz CT molecular complexity index is 318. The Morgan fingerprint density at radius 1 is 1.50 bits per heavy atom. The van der Waals surface area contributed by atoms with Crippen LogP contribution in [0.4, 0.5) is 0 Å². The molecule has 0 radical (unpaired) electrons. The number of rotatable bonds is 1. The van der Waals surface area contributed by atoms with Gasteiger partial charge in [0.25, 0.3) is 0 Å². The molecule has 1 nitrogen and oxygen atoms in total. The number of aryl methyl sites for hydroxylation is 1. The Balaban J connectivity index is 3.12. The number of hydrogen-bond donors (Lipinski definition) is 0. The maximum absolute atomic E-state index is 5.26.